The van der Waals surface area contributed by atoms with Crippen molar-refractivity contribution in [2.45, 2.75) is 69.7 Å². The molecule has 3 saturated carbocycles. The Morgan fingerprint density at radius 1 is 1.00 bits per heavy atom. The predicted octanol–water partition coefficient (Wildman–Crippen LogP) is 3.16. The maximum Gasteiger partial charge on any atom is 0.224 e. The molecule has 0 bridgehead atoms. The fourth-order valence-corrected chi connectivity index (χ4v) is 4.30. The molecule has 19 heavy (non-hydrogen) atoms. The molecule has 0 spiro atoms. The zero-order valence-electron chi connectivity index (χ0n) is 11.7. The van der Waals surface area contributed by atoms with Crippen LogP contribution < -0.4 is 5.32 Å². The molecule has 0 aromatic carbocycles. The SMILES string of the molecule is N#CC1(NC(=O)C2C3CCCCC32)CCCCCC1. The number of nitriles is 1. The third-order valence-corrected chi connectivity index (χ3v) is 5.49. The summed E-state index contributed by atoms with van der Waals surface area (Å²) in [6.45, 7) is 0. The second kappa shape index (κ2) is 5.15. The molecule has 3 nitrogen and oxygen atoms in total. The summed E-state index contributed by atoms with van der Waals surface area (Å²) in [6, 6.07) is 2.42. The lowest BCUT2D eigenvalue weighted by molar-refractivity contribution is -0.124. The van der Waals surface area contributed by atoms with Crippen LogP contribution >= 0.6 is 0 Å². The molecular weight excluding hydrogens is 236 g/mol. The van der Waals surface area contributed by atoms with E-state index in [1.807, 2.05) is 0 Å². The second-order valence-electron chi connectivity index (χ2n) is 6.74. The Morgan fingerprint density at radius 2 is 1.58 bits per heavy atom. The molecule has 0 aliphatic heterocycles. The van der Waals surface area contributed by atoms with Gasteiger partial charge in [-0.1, -0.05) is 38.5 Å². The minimum Gasteiger partial charge on any atom is -0.338 e. The molecular formula is C16H24N2O. The summed E-state index contributed by atoms with van der Waals surface area (Å²) in [5.41, 5.74) is -0.556. The average molecular weight is 260 g/mol. The Labute approximate surface area is 115 Å². The molecule has 0 aromatic rings. The lowest BCUT2D eigenvalue weighted by Gasteiger charge is -2.26. The van der Waals surface area contributed by atoms with Crippen molar-refractivity contribution < 1.29 is 4.79 Å². The van der Waals surface area contributed by atoms with Crippen LogP contribution in [-0.2, 0) is 4.79 Å². The number of carbonyl (C=O) groups is 1. The number of hydrogen-bond donors (Lipinski definition) is 1. The van der Waals surface area contributed by atoms with E-state index in [9.17, 15) is 10.1 Å². The summed E-state index contributed by atoms with van der Waals surface area (Å²) in [5, 5.41) is 12.7. The first kappa shape index (κ1) is 13.0. The molecule has 0 aromatic heterocycles. The van der Waals surface area contributed by atoms with Crippen molar-refractivity contribution in [3.05, 3.63) is 0 Å². The molecule has 3 fully saturated rings. The number of nitrogens with one attached hydrogen (secondary N) is 1. The van der Waals surface area contributed by atoms with Gasteiger partial charge in [0.25, 0.3) is 0 Å². The van der Waals surface area contributed by atoms with E-state index in [4.69, 9.17) is 0 Å². The van der Waals surface area contributed by atoms with Crippen LogP contribution in [0.25, 0.3) is 0 Å². The highest BCUT2D eigenvalue weighted by Gasteiger charge is 2.55. The molecule has 0 saturated heterocycles. The van der Waals surface area contributed by atoms with Crippen LogP contribution in [0.15, 0.2) is 0 Å². The van der Waals surface area contributed by atoms with Crippen LogP contribution in [0.2, 0.25) is 0 Å². The molecule has 3 rings (SSSR count). The maximum atomic E-state index is 12.5. The first-order chi connectivity index (χ1) is 9.26. The fourth-order valence-electron chi connectivity index (χ4n) is 4.30. The average Bonchev–Trinajstić information content (AvgIpc) is 3.18. The lowest BCUT2D eigenvalue weighted by atomic mass is 9.91. The van der Waals surface area contributed by atoms with Gasteiger partial charge in [-0.2, -0.15) is 5.26 Å². The van der Waals surface area contributed by atoms with E-state index >= 15 is 0 Å². The van der Waals surface area contributed by atoms with Crippen molar-refractivity contribution in [2.24, 2.45) is 17.8 Å². The lowest BCUT2D eigenvalue weighted by Crippen LogP contribution is -2.48. The van der Waals surface area contributed by atoms with E-state index in [0.717, 1.165) is 25.7 Å². The van der Waals surface area contributed by atoms with Crippen molar-refractivity contribution >= 4 is 5.91 Å². The van der Waals surface area contributed by atoms with Gasteiger partial charge in [-0.3, -0.25) is 4.79 Å². The van der Waals surface area contributed by atoms with E-state index in [1.165, 1.54) is 38.5 Å². The molecule has 1 amide bonds. The Bertz CT molecular complexity index is 378. The van der Waals surface area contributed by atoms with Gasteiger partial charge < -0.3 is 5.32 Å². The number of hydrogen-bond acceptors (Lipinski definition) is 2. The van der Waals surface area contributed by atoms with E-state index in [-0.39, 0.29) is 11.8 Å². The topological polar surface area (TPSA) is 52.9 Å². The summed E-state index contributed by atoms with van der Waals surface area (Å²) < 4.78 is 0. The third kappa shape index (κ3) is 2.50. The number of carbonyl (C=O) groups excluding carboxylic acids is 1. The number of fused-ring (bicyclic) bond motifs is 1. The zero-order valence-corrected chi connectivity index (χ0v) is 11.7. The summed E-state index contributed by atoms with van der Waals surface area (Å²) in [6.07, 6.45) is 11.3. The van der Waals surface area contributed by atoms with Gasteiger partial charge in [0.15, 0.2) is 0 Å². The molecule has 104 valence electrons. The van der Waals surface area contributed by atoms with Gasteiger partial charge in [-0.05, 0) is 37.5 Å². The van der Waals surface area contributed by atoms with Crippen LogP contribution in [0, 0.1) is 29.1 Å². The minimum atomic E-state index is -0.556. The number of rotatable bonds is 2. The van der Waals surface area contributed by atoms with Crippen molar-refractivity contribution in [1.82, 2.24) is 5.32 Å². The number of nitrogens with zero attached hydrogens (tertiary/aromatic N) is 1. The maximum absolute atomic E-state index is 12.5. The van der Waals surface area contributed by atoms with Gasteiger partial charge in [-0.25, -0.2) is 0 Å². The fraction of sp³-hybridized carbons (Fsp3) is 0.875. The minimum absolute atomic E-state index is 0.181. The number of amides is 1. The van der Waals surface area contributed by atoms with Crippen LogP contribution in [0.5, 0.6) is 0 Å². The molecule has 2 atom stereocenters. The summed E-state index contributed by atoms with van der Waals surface area (Å²) in [7, 11) is 0. The van der Waals surface area contributed by atoms with Gasteiger partial charge in [0.2, 0.25) is 5.91 Å². The van der Waals surface area contributed by atoms with Crippen molar-refractivity contribution in [1.29, 1.82) is 5.26 Å². The van der Waals surface area contributed by atoms with Gasteiger partial charge in [0.05, 0.1) is 6.07 Å². The quantitative estimate of drug-likeness (QED) is 0.775. The van der Waals surface area contributed by atoms with Gasteiger partial charge in [0, 0.05) is 5.92 Å². The van der Waals surface area contributed by atoms with Gasteiger partial charge in [0.1, 0.15) is 5.54 Å². The van der Waals surface area contributed by atoms with Crippen molar-refractivity contribution in [3.8, 4) is 6.07 Å². The van der Waals surface area contributed by atoms with E-state index in [2.05, 4.69) is 11.4 Å². The van der Waals surface area contributed by atoms with Crippen LogP contribution in [0.4, 0.5) is 0 Å². The Morgan fingerprint density at radius 3 is 2.11 bits per heavy atom. The van der Waals surface area contributed by atoms with Crippen molar-refractivity contribution in [2.75, 3.05) is 0 Å². The molecule has 0 radical (unpaired) electrons. The van der Waals surface area contributed by atoms with Crippen LogP contribution in [-0.4, -0.2) is 11.4 Å². The monoisotopic (exact) mass is 260 g/mol. The van der Waals surface area contributed by atoms with E-state index < -0.39 is 5.54 Å². The van der Waals surface area contributed by atoms with Crippen LogP contribution in [0.1, 0.15) is 64.2 Å². The van der Waals surface area contributed by atoms with Gasteiger partial charge in [-0.15, -0.1) is 0 Å². The normalized spacial score (nSPS) is 36.5. The van der Waals surface area contributed by atoms with Gasteiger partial charge >= 0.3 is 0 Å². The largest absolute Gasteiger partial charge is 0.338 e. The highest BCUT2D eigenvalue weighted by Crippen LogP contribution is 2.55. The predicted molar refractivity (Wildman–Crippen MR) is 73.1 cm³/mol. The summed E-state index contributed by atoms with van der Waals surface area (Å²) in [4.78, 5) is 12.5. The molecule has 2 unspecified atom stereocenters. The second-order valence-corrected chi connectivity index (χ2v) is 6.74. The van der Waals surface area contributed by atoms with Crippen molar-refractivity contribution in [3.63, 3.8) is 0 Å². The highest BCUT2D eigenvalue weighted by molar-refractivity contribution is 5.83. The first-order valence-corrected chi connectivity index (χ1v) is 7.99. The smallest absolute Gasteiger partial charge is 0.224 e. The molecule has 0 heterocycles. The van der Waals surface area contributed by atoms with E-state index in [1.54, 1.807) is 0 Å². The Kier molecular flexibility index (Phi) is 3.52. The highest BCUT2D eigenvalue weighted by atomic mass is 16.2. The summed E-state index contributed by atoms with van der Waals surface area (Å²) >= 11 is 0. The first-order valence-electron chi connectivity index (χ1n) is 7.99. The summed E-state index contributed by atoms with van der Waals surface area (Å²) in [5.74, 6) is 1.68. The zero-order chi connectivity index (χ0) is 13.3. The van der Waals surface area contributed by atoms with Crippen LogP contribution in [0.3, 0.4) is 0 Å². The molecule has 3 aliphatic rings. The molecule has 3 aliphatic carbocycles. The molecule has 1 N–H and O–H groups in total. The molecule has 3 heteroatoms. The standard InChI is InChI=1S/C16H24N2O/c17-11-16(9-5-1-2-6-10-16)18-15(19)14-12-7-3-4-8-13(12)14/h12-14H,1-10H2,(H,18,19). The van der Waals surface area contributed by atoms with E-state index in [0.29, 0.717) is 11.8 Å². The Hall–Kier alpha value is -1.04. The Balaban J connectivity index is 1.63. The third-order valence-electron chi connectivity index (χ3n) is 5.49.